The molecule has 1 aromatic heterocycles. The number of hydrogen-bond donors (Lipinski definition) is 1. The average molecular weight is 427 g/mol. The number of nitrogens with one attached hydrogen (secondary N) is 1. The number of halogens is 3. The van der Waals surface area contributed by atoms with Crippen molar-refractivity contribution in [2.75, 3.05) is 14.1 Å². The Labute approximate surface area is 154 Å². The molecule has 0 aliphatic heterocycles. The molecule has 0 spiro atoms. The first-order valence-electron chi connectivity index (χ1n) is 7.29. The summed E-state index contributed by atoms with van der Waals surface area (Å²) >= 11 is 0. The van der Waals surface area contributed by atoms with Crippen molar-refractivity contribution < 1.29 is 30.0 Å². The van der Waals surface area contributed by atoms with Gasteiger partial charge in [-0.15, -0.1) is 9.19 Å². The van der Waals surface area contributed by atoms with Crippen molar-refractivity contribution in [1.29, 1.82) is 0 Å². The average Bonchev–Trinajstić information content (AvgIpc) is 3.05. The number of rotatable bonds is 6. The summed E-state index contributed by atoms with van der Waals surface area (Å²) in [4.78, 5) is 3.46. The predicted molar refractivity (Wildman–Crippen MR) is 88.2 cm³/mol. The van der Waals surface area contributed by atoms with Gasteiger partial charge in [0.25, 0.3) is 15.2 Å². The van der Waals surface area contributed by atoms with Crippen LogP contribution in [0.3, 0.4) is 0 Å². The lowest BCUT2D eigenvalue weighted by molar-refractivity contribution is -0.137. The Kier molecular flexibility index (Phi) is 5.66. The predicted octanol–water partition coefficient (Wildman–Crippen LogP) is 0.991. The second kappa shape index (κ2) is 7.18. The van der Waals surface area contributed by atoms with Gasteiger partial charge in [0.05, 0.1) is 5.56 Å². The van der Waals surface area contributed by atoms with Crippen LogP contribution < -0.4 is 4.72 Å². The van der Waals surface area contributed by atoms with Gasteiger partial charge in [0.15, 0.2) is 0 Å². The molecule has 2 rings (SSSR count). The molecule has 0 aliphatic rings. The Balaban J connectivity index is 2.28. The Bertz CT molecular complexity index is 1030. The van der Waals surface area contributed by atoms with Crippen molar-refractivity contribution in [3.05, 3.63) is 41.7 Å². The maximum absolute atomic E-state index is 12.8. The highest BCUT2D eigenvalue weighted by molar-refractivity contribution is 7.89. The van der Waals surface area contributed by atoms with Crippen LogP contribution in [0.25, 0.3) is 0 Å². The van der Waals surface area contributed by atoms with Gasteiger partial charge in [0, 0.05) is 20.1 Å². The second-order valence-electron chi connectivity index (χ2n) is 5.66. The van der Waals surface area contributed by atoms with Crippen LogP contribution >= 0.6 is 0 Å². The molecule has 2 aromatic rings. The molecule has 0 amide bonds. The van der Waals surface area contributed by atoms with E-state index in [1.807, 2.05) is 0 Å². The summed E-state index contributed by atoms with van der Waals surface area (Å²) in [6.45, 7) is 1.33. The molecule has 0 saturated carbocycles. The molecule has 0 radical (unpaired) electrons. The standard InChI is InChI=1S/C13H16F3N5O4S2/c1-9(10-5-4-6-11(7-10)13(14,15)16)19-26(22,23)12-17-8-21(18-12)27(24,25)20(2)3/h4-9,19H,1-3H3. The van der Waals surface area contributed by atoms with Gasteiger partial charge in [0.2, 0.25) is 0 Å². The van der Waals surface area contributed by atoms with E-state index < -0.39 is 43.2 Å². The molecule has 9 nitrogen and oxygen atoms in total. The summed E-state index contributed by atoms with van der Waals surface area (Å²) in [5.41, 5.74) is -0.862. The van der Waals surface area contributed by atoms with E-state index in [4.69, 9.17) is 0 Å². The third kappa shape index (κ3) is 4.63. The number of aromatic nitrogens is 3. The van der Waals surface area contributed by atoms with Crippen molar-refractivity contribution in [3.8, 4) is 0 Å². The highest BCUT2D eigenvalue weighted by atomic mass is 32.2. The molecule has 1 atom stereocenters. The van der Waals surface area contributed by atoms with Gasteiger partial charge < -0.3 is 0 Å². The molecule has 1 N–H and O–H groups in total. The van der Waals surface area contributed by atoms with Gasteiger partial charge in [-0.3, -0.25) is 0 Å². The van der Waals surface area contributed by atoms with Gasteiger partial charge in [-0.1, -0.05) is 12.1 Å². The molecule has 0 fully saturated rings. The van der Waals surface area contributed by atoms with Crippen LogP contribution in [0.5, 0.6) is 0 Å². The maximum atomic E-state index is 12.8. The Hall–Kier alpha value is -2.03. The van der Waals surface area contributed by atoms with Crippen molar-refractivity contribution in [2.24, 2.45) is 0 Å². The summed E-state index contributed by atoms with van der Waals surface area (Å²) in [7, 11) is -6.00. The van der Waals surface area contributed by atoms with E-state index in [1.54, 1.807) is 0 Å². The number of alkyl halides is 3. The molecule has 150 valence electrons. The first-order chi connectivity index (χ1) is 12.2. The summed E-state index contributed by atoms with van der Waals surface area (Å²) in [5, 5.41) is 2.60. The van der Waals surface area contributed by atoms with Gasteiger partial charge in [0.1, 0.15) is 6.33 Å². The number of benzene rings is 1. The van der Waals surface area contributed by atoms with E-state index in [1.165, 1.54) is 27.1 Å². The monoisotopic (exact) mass is 427 g/mol. The lowest BCUT2D eigenvalue weighted by atomic mass is 10.1. The molecule has 0 aliphatic carbocycles. The van der Waals surface area contributed by atoms with E-state index in [9.17, 15) is 30.0 Å². The molecular weight excluding hydrogens is 411 g/mol. The molecule has 14 heteroatoms. The van der Waals surface area contributed by atoms with Crippen LogP contribution in [0, 0.1) is 0 Å². The summed E-state index contributed by atoms with van der Waals surface area (Å²) in [6.07, 6.45) is -3.87. The largest absolute Gasteiger partial charge is 0.416 e. The van der Waals surface area contributed by atoms with E-state index in [0.717, 1.165) is 22.5 Å². The zero-order valence-electron chi connectivity index (χ0n) is 14.3. The van der Waals surface area contributed by atoms with E-state index in [-0.39, 0.29) is 5.56 Å². The minimum absolute atomic E-state index is 0.0637. The molecule has 1 aromatic carbocycles. The minimum atomic E-state index is -4.57. The lowest BCUT2D eigenvalue weighted by Gasteiger charge is -2.15. The second-order valence-corrected chi connectivity index (χ2v) is 9.26. The van der Waals surface area contributed by atoms with E-state index in [2.05, 4.69) is 14.8 Å². The lowest BCUT2D eigenvalue weighted by Crippen LogP contribution is -2.30. The first-order valence-corrected chi connectivity index (χ1v) is 10.2. The number of nitrogens with zero attached hydrogens (tertiary/aromatic N) is 4. The van der Waals surface area contributed by atoms with Crippen molar-refractivity contribution in [3.63, 3.8) is 0 Å². The topological polar surface area (TPSA) is 114 Å². The van der Waals surface area contributed by atoms with Gasteiger partial charge >= 0.3 is 16.4 Å². The van der Waals surface area contributed by atoms with Crippen LogP contribution in [0.4, 0.5) is 13.2 Å². The third-order valence-corrected chi connectivity index (χ3v) is 6.34. The van der Waals surface area contributed by atoms with Crippen LogP contribution in [-0.4, -0.2) is 49.4 Å². The van der Waals surface area contributed by atoms with E-state index >= 15 is 0 Å². The Morgan fingerprint density at radius 3 is 2.37 bits per heavy atom. The van der Waals surface area contributed by atoms with Crippen LogP contribution in [0.1, 0.15) is 24.1 Å². The van der Waals surface area contributed by atoms with Crippen molar-refractivity contribution in [1.82, 2.24) is 23.2 Å². The summed E-state index contributed by atoms with van der Waals surface area (Å²) in [5.74, 6) is 0. The van der Waals surface area contributed by atoms with Crippen LogP contribution in [0.2, 0.25) is 0 Å². The molecular formula is C13H16F3N5O4S2. The zero-order valence-corrected chi connectivity index (χ0v) is 16.0. The maximum Gasteiger partial charge on any atom is 0.416 e. The number of sulfonamides is 1. The molecule has 0 bridgehead atoms. The highest BCUT2D eigenvalue weighted by Gasteiger charge is 2.31. The van der Waals surface area contributed by atoms with Crippen molar-refractivity contribution in [2.45, 2.75) is 24.3 Å². The normalized spacial score (nSPS) is 14.5. The Morgan fingerprint density at radius 2 is 1.81 bits per heavy atom. The summed E-state index contributed by atoms with van der Waals surface area (Å²) < 4.78 is 90.1. The molecule has 1 heterocycles. The Morgan fingerprint density at radius 1 is 1.19 bits per heavy atom. The van der Waals surface area contributed by atoms with Gasteiger partial charge in [-0.25, -0.2) is 18.1 Å². The molecule has 0 saturated heterocycles. The summed E-state index contributed by atoms with van der Waals surface area (Å²) in [6, 6.07) is 3.11. The molecule has 27 heavy (non-hydrogen) atoms. The number of hydrogen-bond acceptors (Lipinski definition) is 6. The first kappa shape index (κ1) is 21.3. The smallest absolute Gasteiger partial charge is 0.204 e. The van der Waals surface area contributed by atoms with E-state index in [0.29, 0.717) is 10.4 Å². The van der Waals surface area contributed by atoms with Crippen LogP contribution in [0.15, 0.2) is 35.7 Å². The van der Waals surface area contributed by atoms with Gasteiger partial charge in [-0.2, -0.15) is 25.9 Å². The quantitative estimate of drug-likeness (QED) is 0.735. The third-order valence-electron chi connectivity index (χ3n) is 3.44. The minimum Gasteiger partial charge on any atom is -0.204 e. The SMILES string of the molecule is CC(NS(=O)(=O)c1ncn(S(=O)(=O)N(C)C)n1)c1cccc(C(F)(F)F)c1. The van der Waals surface area contributed by atoms with Crippen molar-refractivity contribution >= 4 is 20.2 Å². The zero-order chi connectivity index (χ0) is 20.6. The molecule has 1 unspecified atom stereocenters. The van der Waals surface area contributed by atoms with Gasteiger partial charge in [-0.05, 0) is 24.6 Å². The van der Waals surface area contributed by atoms with Crippen LogP contribution in [-0.2, 0) is 26.4 Å². The fourth-order valence-electron chi connectivity index (χ4n) is 1.97. The highest BCUT2D eigenvalue weighted by Crippen LogP contribution is 2.30. The fourth-order valence-corrected chi connectivity index (χ4v) is 3.80. The fraction of sp³-hybridized carbons (Fsp3) is 0.385.